The molecule has 1 aliphatic rings. The molecule has 3 N–H and O–H groups in total. The van der Waals surface area contributed by atoms with Crippen molar-refractivity contribution in [3.05, 3.63) is 18.1 Å². The molecule has 1 unspecified atom stereocenters. The van der Waals surface area contributed by atoms with Crippen molar-refractivity contribution in [2.75, 3.05) is 18.0 Å². The Morgan fingerprint density at radius 3 is 2.83 bits per heavy atom. The predicted molar refractivity (Wildman–Crippen MR) is 72.9 cm³/mol. The third-order valence-corrected chi connectivity index (χ3v) is 3.66. The molecule has 18 heavy (non-hydrogen) atoms. The van der Waals surface area contributed by atoms with Gasteiger partial charge >= 0.3 is 0 Å². The van der Waals surface area contributed by atoms with E-state index in [-0.39, 0.29) is 5.84 Å². The Balaban J connectivity index is 2.04. The number of nitrogens with one attached hydrogen (secondary N) is 1. The van der Waals surface area contributed by atoms with Gasteiger partial charge < -0.3 is 10.6 Å². The van der Waals surface area contributed by atoms with Crippen molar-refractivity contribution >= 4 is 11.7 Å². The molecular formula is C13H21N5. The van der Waals surface area contributed by atoms with Crippen LogP contribution < -0.4 is 10.6 Å². The Morgan fingerprint density at radius 1 is 1.39 bits per heavy atom. The van der Waals surface area contributed by atoms with Crippen LogP contribution in [0.3, 0.4) is 0 Å². The Kier molecular flexibility index (Phi) is 4.12. The molecule has 98 valence electrons. The van der Waals surface area contributed by atoms with E-state index in [0.717, 1.165) is 24.8 Å². The summed E-state index contributed by atoms with van der Waals surface area (Å²) in [5.74, 6) is 1.71. The van der Waals surface area contributed by atoms with Gasteiger partial charge in [-0.05, 0) is 25.2 Å². The summed E-state index contributed by atoms with van der Waals surface area (Å²) < 4.78 is 0. The number of nitrogen functional groups attached to an aromatic ring is 1. The number of amidine groups is 1. The number of rotatable bonds is 3. The lowest BCUT2D eigenvalue weighted by Gasteiger charge is -2.21. The van der Waals surface area contributed by atoms with Gasteiger partial charge in [0.15, 0.2) is 0 Å². The van der Waals surface area contributed by atoms with Crippen molar-refractivity contribution in [3.8, 4) is 0 Å². The van der Waals surface area contributed by atoms with Crippen LogP contribution in [0.4, 0.5) is 5.82 Å². The van der Waals surface area contributed by atoms with Gasteiger partial charge in [0.05, 0.1) is 12.4 Å². The summed E-state index contributed by atoms with van der Waals surface area (Å²) in [5, 5.41) is 7.30. The molecule has 1 aromatic heterocycles. The zero-order chi connectivity index (χ0) is 13.0. The van der Waals surface area contributed by atoms with Crippen LogP contribution in [0.15, 0.2) is 12.4 Å². The number of hydrogen-bond donors (Lipinski definition) is 2. The summed E-state index contributed by atoms with van der Waals surface area (Å²) in [7, 11) is 0. The van der Waals surface area contributed by atoms with Gasteiger partial charge in [0.25, 0.3) is 0 Å². The lowest BCUT2D eigenvalue weighted by Crippen LogP contribution is -2.26. The Morgan fingerprint density at radius 2 is 2.22 bits per heavy atom. The summed E-state index contributed by atoms with van der Waals surface area (Å²) in [4.78, 5) is 10.8. The first-order valence-electron chi connectivity index (χ1n) is 6.62. The molecule has 0 radical (unpaired) electrons. The van der Waals surface area contributed by atoms with Crippen LogP contribution in [0.1, 0.15) is 38.3 Å². The fourth-order valence-electron chi connectivity index (χ4n) is 2.43. The highest BCUT2D eigenvalue weighted by molar-refractivity contribution is 5.92. The molecule has 0 aliphatic carbocycles. The molecule has 5 heteroatoms. The summed E-state index contributed by atoms with van der Waals surface area (Å²) in [5.41, 5.74) is 5.82. The van der Waals surface area contributed by atoms with Crippen molar-refractivity contribution < 1.29 is 0 Å². The van der Waals surface area contributed by atoms with Gasteiger partial charge in [0.2, 0.25) is 0 Å². The first-order chi connectivity index (χ1) is 8.70. The monoisotopic (exact) mass is 247 g/mol. The molecule has 1 saturated heterocycles. The molecule has 0 amide bonds. The van der Waals surface area contributed by atoms with Crippen LogP contribution in [0.5, 0.6) is 0 Å². The third-order valence-electron chi connectivity index (χ3n) is 3.66. The van der Waals surface area contributed by atoms with Gasteiger partial charge in [0, 0.05) is 13.1 Å². The minimum Gasteiger partial charge on any atom is -0.382 e. The summed E-state index contributed by atoms with van der Waals surface area (Å²) >= 11 is 0. The lowest BCUT2D eigenvalue weighted by molar-refractivity contribution is 0.459. The minimum atomic E-state index is -0.0315. The van der Waals surface area contributed by atoms with E-state index in [2.05, 4.69) is 21.8 Å². The van der Waals surface area contributed by atoms with E-state index in [9.17, 15) is 0 Å². The average molecular weight is 247 g/mol. The van der Waals surface area contributed by atoms with Crippen LogP contribution in [-0.4, -0.2) is 28.9 Å². The second-order valence-corrected chi connectivity index (χ2v) is 4.87. The first kappa shape index (κ1) is 12.8. The smallest absolute Gasteiger partial charge is 0.147 e. The minimum absolute atomic E-state index is 0.0315. The molecule has 1 fully saturated rings. The highest BCUT2D eigenvalue weighted by Crippen LogP contribution is 2.22. The van der Waals surface area contributed by atoms with Gasteiger partial charge in [-0.15, -0.1) is 0 Å². The van der Waals surface area contributed by atoms with Gasteiger partial charge in [-0.3, -0.25) is 5.41 Å². The molecule has 1 atom stereocenters. The molecular weight excluding hydrogens is 226 g/mol. The maximum Gasteiger partial charge on any atom is 0.147 e. The highest BCUT2D eigenvalue weighted by atomic mass is 15.2. The number of anilines is 1. The van der Waals surface area contributed by atoms with Gasteiger partial charge in [-0.2, -0.15) is 0 Å². The van der Waals surface area contributed by atoms with E-state index in [1.165, 1.54) is 25.7 Å². The fourth-order valence-corrected chi connectivity index (χ4v) is 2.43. The van der Waals surface area contributed by atoms with Crippen molar-refractivity contribution in [2.45, 2.75) is 32.6 Å². The highest BCUT2D eigenvalue weighted by Gasteiger charge is 2.17. The SMILES string of the molecule is CCC1CCCN(c2cnc(C(=N)N)cn2)CC1. The summed E-state index contributed by atoms with van der Waals surface area (Å²) in [6.45, 7) is 4.36. The predicted octanol–water partition coefficient (Wildman–Crippen LogP) is 1.78. The lowest BCUT2D eigenvalue weighted by atomic mass is 9.98. The van der Waals surface area contributed by atoms with Crippen molar-refractivity contribution in [1.82, 2.24) is 9.97 Å². The second-order valence-electron chi connectivity index (χ2n) is 4.87. The Labute approximate surface area is 108 Å². The summed E-state index contributed by atoms with van der Waals surface area (Å²) in [6.07, 6.45) is 8.33. The number of aromatic nitrogens is 2. The molecule has 2 rings (SSSR count). The van der Waals surface area contributed by atoms with E-state index in [4.69, 9.17) is 11.1 Å². The Hall–Kier alpha value is -1.65. The number of hydrogen-bond acceptors (Lipinski definition) is 4. The van der Waals surface area contributed by atoms with Crippen LogP contribution in [0.2, 0.25) is 0 Å². The van der Waals surface area contributed by atoms with Gasteiger partial charge in [-0.25, -0.2) is 9.97 Å². The van der Waals surface area contributed by atoms with Crippen LogP contribution in [0, 0.1) is 11.3 Å². The number of nitrogens with two attached hydrogens (primary N) is 1. The van der Waals surface area contributed by atoms with E-state index in [1.807, 2.05) is 0 Å². The summed E-state index contributed by atoms with van der Waals surface area (Å²) in [6, 6.07) is 0. The average Bonchev–Trinajstić information content (AvgIpc) is 2.64. The quantitative estimate of drug-likeness (QED) is 0.630. The second kappa shape index (κ2) is 5.80. The molecule has 1 aliphatic heterocycles. The van der Waals surface area contributed by atoms with E-state index in [1.54, 1.807) is 12.4 Å². The van der Waals surface area contributed by atoms with Gasteiger partial charge in [-0.1, -0.05) is 13.3 Å². The third kappa shape index (κ3) is 2.97. The molecule has 0 spiro atoms. The molecule has 0 aromatic carbocycles. The standard InChI is InChI=1S/C13H21N5/c1-2-10-4-3-6-18(7-5-10)12-9-16-11(8-17-12)13(14)15/h8-10H,2-7H2,1H3,(H3,14,15). The van der Waals surface area contributed by atoms with Crippen LogP contribution >= 0.6 is 0 Å². The largest absolute Gasteiger partial charge is 0.382 e. The number of nitrogens with zero attached hydrogens (tertiary/aromatic N) is 3. The van der Waals surface area contributed by atoms with Crippen LogP contribution in [0.25, 0.3) is 0 Å². The molecule has 5 nitrogen and oxygen atoms in total. The maximum atomic E-state index is 7.30. The molecule has 0 saturated carbocycles. The maximum absolute atomic E-state index is 7.30. The zero-order valence-electron chi connectivity index (χ0n) is 10.9. The molecule has 2 heterocycles. The van der Waals surface area contributed by atoms with Crippen LogP contribution in [-0.2, 0) is 0 Å². The fraction of sp³-hybridized carbons (Fsp3) is 0.615. The Bertz CT molecular complexity index is 400. The molecule has 1 aromatic rings. The zero-order valence-corrected chi connectivity index (χ0v) is 10.9. The molecule has 0 bridgehead atoms. The van der Waals surface area contributed by atoms with Crippen molar-refractivity contribution in [3.63, 3.8) is 0 Å². The van der Waals surface area contributed by atoms with Crippen molar-refractivity contribution in [1.29, 1.82) is 5.41 Å². The normalized spacial score (nSPS) is 20.5. The van der Waals surface area contributed by atoms with E-state index < -0.39 is 0 Å². The van der Waals surface area contributed by atoms with E-state index >= 15 is 0 Å². The van der Waals surface area contributed by atoms with Gasteiger partial charge in [0.1, 0.15) is 17.3 Å². The van der Waals surface area contributed by atoms with E-state index in [0.29, 0.717) is 5.69 Å². The topological polar surface area (TPSA) is 78.9 Å². The first-order valence-corrected chi connectivity index (χ1v) is 6.62. The van der Waals surface area contributed by atoms with Crippen molar-refractivity contribution in [2.24, 2.45) is 11.7 Å².